The van der Waals surface area contributed by atoms with Crippen LogP contribution < -0.4 is 10.6 Å². The van der Waals surface area contributed by atoms with Crippen LogP contribution in [0.15, 0.2) is 24.3 Å². The minimum atomic E-state index is -4.45. The highest BCUT2D eigenvalue weighted by molar-refractivity contribution is 7.85. The van der Waals surface area contributed by atoms with E-state index < -0.39 is 33.7 Å². The summed E-state index contributed by atoms with van der Waals surface area (Å²) in [6.45, 7) is 0. The molecule has 0 aliphatic carbocycles. The predicted molar refractivity (Wildman–Crippen MR) is 62.3 cm³/mol. The van der Waals surface area contributed by atoms with Gasteiger partial charge in [-0.1, -0.05) is 0 Å². The van der Waals surface area contributed by atoms with E-state index in [2.05, 4.69) is 5.32 Å². The van der Waals surface area contributed by atoms with Crippen LogP contribution in [0.25, 0.3) is 0 Å². The highest BCUT2D eigenvalue weighted by Gasteiger charge is 2.29. The number of benzene rings is 1. The zero-order chi connectivity index (χ0) is 14.7. The van der Waals surface area contributed by atoms with Crippen molar-refractivity contribution >= 4 is 21.8 Å². The number of alkyl halides is 3. The van der Waals surface area contributed by atoms with E-state index in [9.17, 15) is 21.6 Å². The lowest BCUT2D eigenvalue weighted by Gasteiger charge is -2.10. The van der Waals surface area contributed by atoms with Gasteiger partial charge in [-0.25, -0.2) is 0 Å². The smallest absolute Gasteiger partial charge is 0.340 e. The van der Waals surface area contributed by atoms with Crippen molar-refractivity contribution in [2.45, 2.75) is 6.18 Å². The number of hydrogen-bond acceptors (Lipinski definition) is 3. The van der Waals surface area contributed by atoms with Crippen molar-refractivity contribution in [3.8, 4) is 0 Å². The quantitative estimate of drug-likeness (QED) is 0.384. The van der Waals surface area contributed by atoms with E-state index in [0.29, 0.717) is 0 Å². The van der Waals surface area contributed by atoms with Crippen LogP contribution in [0.3, 0.4) is 0 Å². The molecule has 0 radical (unpaired) electrons. The highest BCUT2D eigenvalue weighted by atomic mass is 32.2. The van der Waals surface area contributed by atoms with E-state index in [4.69, 9.17) is 9.96 Å². The van der Waals surface area contributed by atoms with Crippen LogP contribution in [-0.2, 0) is 16.3 Å². The summed E-state index contributed by atoms with van der Waals surface area (Å²) in [7, 11) is -4.28. The molecule has 19 heavy (non-hydrogen) atoms. The molecule has 0 aromatic heterocycles. The molecule has 0 atom stereocenters. The van der Waals surface area contributed by atoms with Crippen LogP contribution in [0.4, 0.5) is 18.9 Å². The maximum absolute atomic E-state index is 12.3. The molecule has 6 nitrogen and oxygen atoms in total. The molecule has 10 heteroatoms. The molecular weight excluding hydrogens is 287 g/mol. The van der Waals surface area contributed by atoms with E-state index in [-0.39, 0.29) is 5.69 Å². The first-order valence-corrected chi connectivity index (χ1v) is 6.41. The Kier molecular flexibility index (Phi) is 4.37. The first-order valence-electron chi connectivity index (χ1n) is 4.80. The van der Waals surface area contributed by atoms with Crippen molar-refractivity contribution < 1.29 is 26.1 Å². The lowest BCUT2D eigenvalue weighted by Crippen LogP contribution is -2.33. The van der Waals surface area contributed by atoms with Gasteiger partial charge in [0.25, 0.3) is 10.1 Å². The molecule has 0 fully saturated rings. The van der Waals surface area contributed by atoms with Gasteiger partial charge in [-0.15, -0.1) is 0 Å². The fourth-order valence-electron chi connectivity index (χ4n) is 1.09. The summed E-state index contributed by atoms with van der Waals surface area (Å²) in [5.41, 5.74) is -0.670. The first kappa shape index (κ1) is 15.2. The average Bonchev–Trinajstić information content (AvgIpc) is 2.25. The summed E-state index contributed by atoms with van der Waals surface area (Å²) >= 11 is 0. The van der Waals surface area contributed by atoms with E-state index in [1.165, 1.54) is 0 Å². The van der Waals surface area contributed by atoms with Crippen molar-refractivity contribution in [2.75, 3.05) is 11.2 Å². The van der Waals surface area contributed by atoms with Crippen LogP contribution in [0.5, 0.6) is 0 Å². The van der Waals surface area contributed by atoms with E-state index in [0.717, 1.165) is 24.3 Å². The molecule has 0 bridgehead atoms. The molecule has 106 valence electrons. The predicted octanol–water partition coefficient (Wildman–Crippen LogP) is 1.49. The molecule has 0 aliphatic heterocycles. The van der Waals surface area contributed by atoms with Crippen molar-refractivity contribution in [3.63, 3.8) is 0 Å². The maximum atomic E-state index is 12.3. The normalized spacial score (nSPS) is 12.0. The molecular formula is C9H10F3N3O3S. The third-order valence-corrected chi connectivity index (χ3v) is 2.42. The van der Waals surface area contributed by atoms with Gasteiger partial charge in [0.05, 0.1) is 5.56 Å². The Labute approximate surface area is 106 Å². The number of rotatable bonds is 3. The third-order valence-electron chi connectivity index (χ3n) is 1.91. The number of halogens is 3. The van der Waals surface area contributed by atoms with Crippen LogP contribution in [0.1, 0.15) is 5.56 Å². The van der Waals surface area contributed by atoms with Gasteiger partial charge >= 0.3 is 6.18 Å². The molecule has 0 saturated heterocycles. The Balaban J connectivity index is 2.61. The number of guanidine groups is 1. The zero-order valence-electron chi connectivity index (χ0n) is 9.32. The maximum Gasteiger partial charge on any atom is 0.416 e. The van der Waals surface area contributed by atoms with E-state index in [1.807, 2.05) is 5.32 Å². The van der Waals surface area contributed by atoms with Crippen LogP contribution in [0, 0.1) is 5.41 Å². The second-order valence-electron chi connectivity index (χ2n) is 3.48. The Bertz CT molecular complexity index is 554. The largest absolute Gasteiger partial charge is 0.416 e. The van der Waals surface area contributed by atoms with Gasteiger partial charge in [-0.05, 0) is 24.3 Å². The number of nitrogens with one attached hydrogen (secondary N) is 3. The lowest BCUT2D eigenvalue weighted by molar-refractivity contribution is -0.137. The SMILES string of the molecule is N=C(NCS(=O)(=O)O)Nc1ccc(C(F)(F)F)cc1. The Morgan fingerprint density at radius 1 is 1.26 bits per heavy atom. The molecule has 1 aromatic rings. The number of anilines is 1. The molecule has 1 rings (SSSR count). The van der Waals surface area contributed by atoms with Crippen LogP contribution in [-0.4, -0.2) is 24.8 Å². The zero-order valence-corrected chi connectivity index (χ0v) is 10.1. The third kappa shape index (κ3) is 5.57. The Morgan fingerprint density at radius 2 is 1.79 bits per heavy atom. The summed E-state index contributed by atoms with van der Waals surface area (Å²) in [6, 6.07) is 3.82. The average molecular weight is 297 g/mol. The second kappa shape index (κ2) is 5.45. The van der Waals surface area contributed by atoms with Crippen molar-refractivity contribution in [1.82, 2.24) is 5.32 Å². The minimum Gasteiger partial charge on any atom is -0.340 e. The topological polar surface area (TPSA) is 102 Å². The highest BCUT2D eigenvalue weighted by Crippen LogP contribution is 2.29. The van der Waals surface area contributed by atoms with Gasteiger partial charge in [0, 0.05) is 5.69 Å². The summed E-state index contributed by atoms with van der Waals surface area (Å²) in [4.78, 5) is 0. The van der Waals surface area contributed by atoms with E-state index >= 15 is 0 Å². The van der Waals surface area contributed by atoms with Crippen LogP contribution in [0.2, 0.25) is 0 Å². The first-order chi connectivity index (χ1) is 8.58. The van der Waals surface area contributed by atoms with Crippen molar-refractivity contribution in [1.29, 1.82) is 5.41 Å². The fraction of sp³-hybridized carbons (Fsp3) is 0.222. The summed E-state index contributed by atoms with van der Waals surface area (Å²) in [6.07, 6.45) is -4.45. The van der Waals surface area contributed by atoms with Crippen LogP contribution >= 0.6 is 0 Å². The Hall–Kier alpha value is -1.81. The van der Waals surface area contributed by atoms with Crippen molar-refractivity contribution in [2.24, 2.45) is 0 Å². The molecule has 0 spiro atoms. The van der Waals surface area contributed by atoms with Gasteiger partial charge in [-0.3, -0.25) is 9.96 Å². The van der Waals surface area contributed by atoms with Gasteiger partial charge in [0.15, 0.2) is 5.96 Å². The second-order valence-corrected chi connectivity index (χ2v) is 4.93. The minimum absolute atomic E-state index is 0.167. The van der Waals surface area contributed by atoms with Gasteiger partial charge < -0.3 is 10.6 Å². The lowest BCUT2D eigenvalue weighted by atomic mass is 10.2. The van der Waals surface area contributed by atoms with Gasteiger partial charge in [-0.2, -0.15) is 21.6 Å². The summed E-state index contributed by atoms with van der Waals surface area (Å²) in [5.74, 6) is -1.35. The standard InChI is InChI=1S/C9H10F3N3O3S/c10-9(11,12)6-1-3-7(4-2-6)15-8(13)14-5-19(16,17)18/h1-4H,5H2,(H3,13,14,15)(H,16,17,18). The Morgan fingerprint density at radius 3 is 2.21 bits per heavy atom. The molecule has 0 unspecified atom stereocenters. The molecule has 1 aromatic carbocycles. The number of hydrogen-bond donors (Lipinski definition) is 4. The summed E-state index contributed by atoms with van der Waals surface area (Å²) < 4.78 is 66.0. The molecule has 0 amide bonds. The van der Waals surface area contributed by atoms with E-state index in [1.54, 1.807) is 0 Å². The molecule has 4 N–H and O–H groups in total. The molecule has 0 heterocycles. The monoisotopic (exact) mass is 297 g/mol. The summed E-state index contributed by atoms with van der Waals surface area (Å²) in [5, 5.41) is 11.6. The molecule has 0 saturated carbocycles. The fourth-order valence-corrected chi connectivity index (χ4v) is 1.42. The van der Waals surface area contributed by atoms with Gasteiger partial charge in [0.2, 0.25) is 0 Å². The molecule has 0 aliphatic rings. The van der Waals surface area contributed by atoms with Gasteiger partial charge in [0.1, 0.15) is 5.88 Å². The van der Waals surface area contributed by atoms with Crippen molar-refractivity contribution in [3.05, 3.63) is 29.8 Å².